The number of carbonyl (C=O) groups excluding carboxylic acids is 2. The van der Waals surface area contributed by atoms with Gasteiger partial charge in [-0.3, -0.25) is 9.59 Å². The molecule has 2 fully saturated rings. The van der Waals surface area contributed by atoms with E-state index < -0.39 is 0 Å². The molecular weight excluding hydrogens is 284 g/mol. The summed E-state index contributed by atoms with van der Waals surface area (Å²) in [6.45, 7) is 6.09. The van der Waals surface area contributed by atoms with Crippen molar-refractivity contribution in [1.29, 1.82) is 0 Å². The van der Waals surface area contributed by atoms with Crippen LogP contribution in [0.1, 0.15) is 30.9 Å². The summed E-state index contributed by atoms with van der Waals surface area (Å²) in [7, 11) is 0. The second-order valence-electron chi connectivity index (χ2n) is 6.00. The standard InChI is InChI=1S/C16H20N2O2S/c1-10-5-4-6-12(11(10)2)17-15(20)13-9-21-16(3)8-7-14(19)18(13)16/h4-6,13H,7-9H2,1-3H3,(H,17,20)/t13-,16+/m0/s1. The highest BCUT2D eigenvalue weighted by Gasteiger charge is 2.52. The van der Waals surface area contributed by atoms with Gasteiger partial charge in [-0.1, -0.05) is 12.1 Å². The van der Waals surface area contributed by atoms with E-state index in [1.54, 1.807) is 16.7 Å². The van der Waals surface area contributed by atoms with E-state index in [0.717, 1.165) is 23.2 Å². The molecule has 0 spiro atoms. The van der Waals surface area contributed by atoms with Crippen LogP contribution in [0, 0.1) is 13.8 Å². The number of rotatable bonds is 2. The Hall–Kier alpha value is -1.49. The fraction of sp³-hybridized carbons (Fsp3) is 0.500. The van der Waals surface area contributed by atoms with Crippen LogP contribution in [0.2, 0.25) is 0 Å². The van der Waals surface area contributed by atoms with Gasteiger partial charge in [-0.05, 0) is 44.4 Å². The number of anilines is 1. The summed E-state index contributed by atoms with van der Waals surface area (Å²) >= 11 is 1.72. The van der Waals surface area contributed by atoms with Crippen molar-refractivity contribution in [3.05, 3.63) is 29.3 Å². The van der Waals surface area contributed by atoms with Crippen LogP contribution in [0.5, 0.6) is 0 Å². The summed E-state index contributed by atoms with van der Waals surface area (Å²) in [5.41, 5.74) is 3.06. The van der Waals surface area contributed by atoms with E-state index in [-0.39, 0.29) is 22.7 Å². The normalized spacial score (nSPS) is 27.9. The molecule has 2 amide bonds. The molecule has 0 aromatic heterocycles. The molecule has 21 heavy (non-hydrogen) atoms. The predicted octanol–water partition coefficient (Wildman–Crippen LogP) is 2.70. The summed E-state index contributed by atoms with van der Waals surface area (Å²) in [5.74, 6) is 0.706. The fourth-order valence-electron chi connectivity index (χ4n) is 3.12. The third kappa shape index (κ3) is 2.33. The zero-order valence-electron chi connectivity index (χ0n) is 12.6. The highest BCUT2D eigenvalue weighted by molar-refractivity contribution is 8.01. The minimum absolute atomic E-state index is 0.0739. The minimum atomic E-state index is -0.352. The second kappa shape index (κ2) is 5.05. The molecular formula is C16H20N2O2S. The van der Waals surface area contributed by atoms with Gasteiger partial charge in [-0.2, -0.15) is 0 Å². The lowest BCUT2D eigenvalue weighted by atomic mass is 10.1. The average molecular weight is 304 g/mol. The van der Waals surface area contributed by atoms with Crippen LogP contribution < -0.4 is 5.32 Å². The molecule has 3 rings (SSSR count). The molecule has 2 atom stereocenters. The van der Waals surface area contributed by atoms with E-state index in [1.165, 1.54) is 0 Å². The number of hydrogen-bond donors (Lipinski definition) is 1. The third-order valence-corrected chi connectivity index (χ3v) is 6.12. The SMILES string of the molecule is Cc1cccc(NC(=O)[C@@H]2CS[C@]3(C)CCC(=O)N23)c1C. The first-order valence-electron chi connectivity index (χ1n) is 7.25. The Morgan fingerprint density at radius 1 is 1.43 bits per heavy atom. The number of carbonyl (C=O) groups is 2. The maximum absolute atomic E-state index is 12.6. The topological polar surface area (TPSA) is 49.4 Å². The maximum atomic E-state index is 12.6. The Balaban J connectivity index is 1.80. The number of nitrogens with one attached hydrogen (secondary N) is 1. The van der Waals surface area contributed by atoms with Gasteiger partial charge in [0, 0.05) is 17.9 Å². The van der Waals surface area contributed by atoms with Crippen LogP contribution in [-0.4, -0.2) is 33.4 Å². The van der Waals surface area contributed by atoms with Crippen molar-refractivity contribution >= 4 is 29.3 Å². The van der Waals surface area contributed by atoms with Crippen LogP contribution >= 0.6 is 11.8 Å². The van der Waals surface area contributed by atoms with Gasteiger partial charge in [0.25, 0.3) is 0 Å². The van der Waals surface area contributed by atoms with Crippen molar-refractivity contribution in [2.24, 2.45) is 0 Å². The van der Waals surface area contributed by atoms with Gasteiger partial charge in [0.2, 0.25) is 11.8 Å². The summed E-state index contributed by atoms with van der Waals surface area (Å²) in [6.07, 6.45) is 1.39. The Kier molecular flexibility index (Phi) is 3.48. The van der Waals surface area contributed by atoms with Gasteiger partial charge in [-0.25, -0.2) is 0 Å². The molecule has 0 unspecified atom stereocenters. The van der Waals surface area contributed by atoms with Gasteiger partial charge in [0.05, 0.1) is 4.87 Å². The van der Waals surface area contributed by atoms with Gasteiger partial charge in [0.15, 0.2) is 0 Å². The van der Waals surface area contributed by atoms with Crippen molar-refractivity contribution < 1.29 is 9.59 Å². The zero-order valence-corrected chi connectivity index (χ0v) is 13.4. The molecule has 0 bridgehead atoms. The first-order chi connectivity index (χ1) is 9.92. The molecule has 5 heteroatoms. The van der Waals surface area contributed by atoms with Crippen LogP contribution in [0.25, 0.3) is 0 Å². The van der Waals surface area contributed by atoms with Crippen molar-refractivity contribution in [3.8, 4) is 0 Å². The van der Waals surface area contributed by atoms with Crippen molar-refractivity contribution in [2.75, 3.05) is 11.1 Å². The van der Waals surface area contributed by atoms with Crippen LogP contribution in [0.4, 0.5) is 5.69 Å². The van der Waals surface area contributed by atoms with Crippen LogP contribution in [0.15, 0.2) is 18.2 Å². The quantitative estimate of drug-likeness (QED) is 0.914. The molecule has 1 aromatic carbocycles. The fourth-order valence-corrected chi connectivity index (χ4v) is 4.55. The molecule has 1 N–H and O–H groups in total. The lowest BCUT2D eigenvalue weighted by Gasteiger charge is -2.30. The molecule has 2 heterocycles. The number of aryl methyl sites for hydroxylation is 1. The Morgan fingerprint density at radius 3 is 2.95 bits per heavy atom. The van der Waals surface area contributed by atoms with Gasteiger partial charge in [0.1, 0.15) is 6.04 Å². The van der Waals surface area contributed by atoms with Crippen LogP contribution in [0.3, 0.4) is 0 Å². The van der Waals surface area contributed by atoms with Gasteiger partial charge >= 0.3 is 0 Å². The maximum Gasteiger partial charge on any atom is 0.248 e. The Bertz CT molecular complexity index is 616. The van der Waals surface area contributed by atoms with Gasteiger partial charge < -0.3 is 10.2 Å². The lowest BCUT2D eigenvalue weighted by molar-refractivity contribution is -0.135. The number of fused-ring (bicyclic) bond motifs is 1. The minimum Gasteiger partial charge on any atom is -0.324 e. The molecule has 0 radical (unpaired) electrons. The molecule has 112 valence electrons. The average Bonchev–Trinajstić information content (AvgIpc) is 2.92. The predicted molar refractivity (Wildman–Crippen MR) is 85.3 cm³/mol. The first-order valence-corrected chi connectivity index (χ1v) is 8.24. The van der Waals surface area contributed by atoms with Crippen molar-refractivity contribution in [1.82, 2.24) is 4.90 Å². The van der Waals surface area contributed by atoms with Crippen LogP contribution in [-0.2, 0) is 9.59 Å². The number of thioether (sulfide) groups is 1. The molecule has 2 aliphatic heterocycles. The van der Waals surface area contributed by atoms with Crippen molar-refractivity contribution in [2.45, 2.75) is 44.5 Å². The van der Waals surface area contributed by atoms with E-state index in [2.05, 4.69) is 12.2 Å². The molecule has 0 aliphatic carbocycles. The number of hydrogen-bond acceptors (Lipinski definition) is 3. The molecule has 0 saturated carbocycles. The van der Waals surface area contributed by atoms with E-state index in [1.807, 2.05) is 32.0 Å². The molecule has 2 saturated heterocycles. The third-order valence-electron chi connectivity index (χ3n) is 4.61. The summed E-state index contributed by atoms with van der Waals surface area (Å²) < 4.78 is 0. The van der Waals surface area contributed by atoms with Gasteiger partial charge in [-0.15, -0.1) is 11.8 Å². The van der Waals surface area contributed by atoms with E-state index in [0.29, 0.717) is 12.2 Å². The van der Waals surface area contributed by atoms with Crippen molar-refractivity contribution in [3.63, 3.8) is 0 Å². The summed E-state index contributed by atoms with van der Waals surface area (Å²) in [6, 6.07) is 5.52. The molecule has 4 nitrogen and oxygen atoms in total. The number of benzene rings is 1. The molecule has 2 aliphatic rings. The Labute approximate surface area is 129 Å². The number of amides is 2. The largest absolute Gasteiger partial charge is 0.324 e. The van der Waals surface area contributed by atoms with E-state index >= 15 is 0 Å². The Morgan fingerprint density at radius 2 is 2.19 bits per heavy atom. The highest BCUT2D eigenvalue weighted by atomic mass is 32.2. The first kappa shape index (κ1) is 14.4. The van der Waals surface area contributed by atoms with E-state index in [9.17, 15) is 9.59 Å². The van der Waals surface area contributed by atoms with E-state index in [4.69, 9.17) is 0 Å². The summed E-state index contributed by atoms with van der Waals surface area (Å²) in [4.78, 5) is 26.3. The monoisotopic (exact) mass is 304 g/mol. The lowest BCUT2D eigenvalue weighted by Crippen LogP contribution is -2.48. The highest BCUT2D eigenvalue weighted by Crippen LogP contribution is 2.47. The summed E-state index contributed by atoms with van der Waals surface area (Å²) in [5, 5.41) is 3.00. The smallest absolute Gasteiger partial charge is 0.248 e. The zero-order chi connectivity index (χ0) is 15.2. The number of nitrogens with zero attached hydrogens (tertiary/aromatic N) is 1. The molecule has 1 aromatic rings. The second-order valence-corrected chi connectivity index (χ2v) is 7.50.